The van der Waals surface area contributed by atoms with Crippen molar-refractivity contribution in [2.24, 2.45) is 5.73 Å². The normalized spacial score (nSPS) is 12.2. The molecule has 2 aromatic rings. The summed E-state index contributed by atoms with van der Waals surface area (Å²) in [4.78, 5) is 1.18. The van der Waals surface area contributed by atoms with E-state index in [9.17, 15) is 0 Å². The van der Waals surface area contributed by atoms with E-state index in [4.69, 9.17) is 10.5 Å². The van der Waals surface area contributed by atoms with E-state index in [-0.39, 0.29) is 6.10 Å². The molecule has 1 atom stereocenters. The first-order valence-corrected chi connectivity index (χ1v) is 7.56. The van der Waals surface area contributed by atoms with Gasteiger partial charge in [0.05, 0.1) is 0 Å². The fourth-order valence-electron chi connectivity index (χ4n) is 2.03. The van der Waals surface area contributed by atoms with Crippen LogP contribution in [0.3, 0.4) is 0 Å². The Morgan fingerprint density at radius 1 is 1.11 bits per heavy atom. The fourth-order valence-corrected chi connectivity index (χ4v) is 2.68. The highest BCUT2D eigenvalue weighted by atomic mass is 32.2. The maximum atomic E-state index is 6.07. The van der Waals surface area contributed by atoms with Gasteiger partial charge in [0.25, 0.3) is 0 Å². The molecule has 2 aromatic carbocycles. The Labute approximate surface area is 119 Å². The Hall–Kier alpha value is -1.45. The summed E-state index contributed by atoms with van der Waals surface area (Å²) in [7, 11) is 0. The minimum atomic E-state index is 0.0172. The predicted molar refractivity (Wildman–Crippen MR) is 81.6 cm³/mol. The molecule has 0 radical (unpaired) electrons. The topological polar surface area (TPSA) is 35.2 Å². The molecule has 0 aliphatic heterocycles. The lowest BCUT2D eigenvalue weighted by molar-refractivity contribution is 0.224. The molecule has 19 heavy (non-hydrogen) atoms. The first-order valence-electron chi connectivity index (χ1n) is 6.33. The van der Waals surface area contributed by atoms with Gasteiger partial charge in [-0.15, -0.1) is 11.8 Å². The van der Waals surface area contributed by atoms with E-state index in [1.54, 1.807) is 11.8 Å². The average Bonchev–Trinajstić information content (AvgIpc) is 2.47. The van der Waals surface area contributed by atoms with Crippen molar-refractivity contribution in [2.45, 2.75) is 24.5 Å². The van der Waals surface area contributed by atoms with E-state index in [2.05, 4.69) is 31.4 Å². The maximum absolute atomic E-state index is 6.07. The summed E-state index contributed by atoms with van der Waals surface area (Å²) in [6.07, 6.45) is 2.07. The van der Waals surface area contributed by atoms with Crippen molar-refractivity contribution in [1.29, 1.82) is 0 Å². The van der Waals surface area contributed by atoms with Crippen LogP contribution in [0.2, 0.25) is 0 Å². The highest BCUT2D eigenvalue weighted by molar-refractivity contribution is 7.98. The van der Waals surface area contributed by atoms with Crippen LogP contribution in [-0.4, -0.2) is 6.26 Å². The van der Waals surface area contributed by atoms with Gasteiger partial charge in [0.15, 0.2) is 0 Å². The van der Waals surface area contributed by atoms with Gasteiger partial charge in [-0.05, 0) is 30.9 Å². The van der Waals surface area contributed by atoms with Crippen LogP contribution in [0.25, 0.3) is 0 Å². The minimum Gasteiger partial charge on any atom is -0.486 e. The molecular formula is C16H19NOS. The quantitative estimate of drug-likeness (QED) is 0.836. The summed E-state index contributed by atoms with van der Waals surface area (Å²) in [6, 6.07) is 16.3. The molecule has 0 aromatic heterocycles. The molecule has 0 aliphatic carbocycles. The summed E-state index contributed by atoms with van der Waals surface area (Å²) < 4.78 is 6.07. The van der Waals surface area contributed by atoms with Crippen molar-refractivity contribution in [1.82, 2.24) is 0 Å². The zero-order chi connectivity index (χ0) is 13.7. The van der Waals surface area contributed by atoms with E-state index in [1.165, 1.54) is 10.5 Å². The molecule has 100 valence electrons. The summed E-state index contributed by atoms with van der Waals surface area (Å²) in [6.45, 7) is 2.55. The second-order valence-corrected chi connectivity index (χ2v) is 5.16. The number of nitrogens with two attached hydrogens (primary N) is 1. The van der Waals surface area contributed by atoms with Crippen LogP contribution in [0, 0.1) is 0 Å². The Balaban J connectivity index is 2.24. The maximum Gasteiger partial charge on any atom is 0.125 e. The van der Waals surface area contributed by atoms with Crippen LogP contribution in [0.5, 0.6) is 5.75 Å². The number of ether oxygens (including phenoxy) is 1. The summed E-state index contributed by atoms with van der Waals surface area (Å²) in [5.74, 6) is 0.880. The van der Waals surface area contributed by atoms with Crippen LogP contribution in [0.4, 0.5) is 0 Å². The van der Waals surface area contributed by atoms with Gasteiger partial charge in [-0.2, -0.15) is 0 Å². The Bertz CT molecular complexity index is 528. The first-order chi connectivity index (χ1) is 9.26. The third-order valence-electron chi connectivity index (χ3n) is 3.09. The molecule has 1 unspecified atom stereocenters. The van der Waals surface area contributed by atoms with Gasteiger partial charge in [-0.3, -0.25) is 0 Å². The molecule has 2 rings (SSSR count). The van der Waals surface area contributed by atoms with Crippen LogP contribution < -0.4 is 10.5 Å². The number of hydrogen-bond acceptors (Lipinski definition) is 3. The first kappa shape index (κ1) is 14.0. The molecule has 3 heteroatoms. The Kier molecular flexibility index (Phi) is 4.88. The zero-order valence-corrected chi connectivity index (χ0v) is 12.1. The van der Waals surface area contributed by atoms with Gasteiger partial charge in [0.2, 0.25) is 0 Å². The third-order valence-corrected chi connectivity index (χ3v) is 3.91. The van der Waals surface area contributed by atoms with Gasteiger partial charge in [-0.1, -0.05) is 36.4 Å². The lowest BCUT2D eigenvalue weighted by Crippen LogP contribution is -2.07. The summed E-state index contributed by atoms with van der Waals surface area (Å²) >= 11 is 1.70. The second kappa shape index (κ2) is 6.64. The van der Waals surface area contributed by atoms with Gasteiger partial charge in [0.1, 0.15) is 11.9 Å². The van der Waals surface area contributed by atoms with Gasteiger partial charge < -0.3 is 10.5 Å². The van der Waals surface area contributed by atoms with Crippen molar-refractivity contribution in [3.63, 3.8) is 0 Å². The van der Waals surface area contributed by atoms with E-state index in [1.807, 2.05) is 30.3 Å². The fraction of sp³-hybridized carbons (Fsp3) is 0.250. The lowest BCUT2D eigenvalue weighted by Gasteiger charge is -2.18. The average molecular weight is 273 g/mol. The minimum absolute atomic E-state index is 0.0172. The van der Waals surface area contributed by atoms with Crippen LogP contribution >= 0.6 is 11.8 Å². The summed E-state index contributed by atoms with van der Waals surface area (Å²) in [5.41, 5.74) is 8.10. The van der Waals surface area contributed by atoms with Crippen molar-refractivity contribution < 1.29 is 4.74 Å². The number of thioether (sulfide) groups is 1. The summed E-state index contributed by atoms with van der Waals surface area (Å²) in [5, 5.41) is 0. The monoisotopic (exact) mass is 273 g/mol. The number of rotatable bonds is 5. The molecule has 0 amide bonds. The Morgan fingerprint density at radius 3 is 2.47 bits per heavy atom. The molecule has 0 spiro atoms. The molecule has 0 bridgehead atoms. The standard InChI is InChI=1S/C16H19NOS/c1-12(13-7-4-3-5-8-13)18-15-9-6-10-16(19-2)14(15)11-17/h3-10,12H,11,17H2,1-2H3. The third kappa shape index (κ3) is 3.31. The van der Waals surface area contributed by atoms with Gasteiger partial charge in [-0.25, -0.2) is 0 Å². The van der Waals surface area contributed by atoms with Crippen LogP contribution in [0.1, 0.15) is 24.2 Å². The Morgan fingerprint density at radius 2 is 1.84 bits per heavy atom. The van der Waals surface area contributed by atoms with Crippen LogP contribution in [-0.2, 0) is 6.54 Å². The highest BCUT2D eigenvalue weighted by Gasteiger charge is 2.12. The van der Waals surface area contributed by atoms with E-state index < -0.39 is 0 Å². The van der Waals surface area contributed by atoms with E-state index in [0.29, 0.717) is 6.54 Å². The zero-order valence-electron chi connectivity index (χ0n) is 11.3. The van der Waals surface area contributed by atoms with Crippen molar-refractivity contribution in [3.05, 3.63) is 59.7 Å². The lowest BCUT2D eigenvalue weighted by atomic mass is 10.1. The molecule has 2 nitrogen and oxygen atoms in total. The van der Waals surface area contributed by atoms with Crippen LogP contribution in [0.15, 0.2) is 53.4 Å². The van der Waals surface area contributed by atoms with Crippen molar-refractivity contribution in [2.75, 3.05) is 6.26 Å². The molecule has 0 aliphatic rings. The highest BCUT2D eigenvalue weighted by Crippen LogP contribution is 2.31. The second-order valence-electron chi connectivity index (χ2n) is 4.31. The molecule has 0 fully saturated rings. The molecule has 0 saturated carbocycles. The smallest absolute Gasteiger partial charge is 0.125 e. The van der Waals surface area contributed by atoms with Crippen molar-refractivity contribution >= 4 is 11.8 Å². The van der Waals surface area contributed by atoms with E-state index in [0.717, 1.165) is 11.3 Å². The van der Waals surface area contributed by atoms with Gasteiger partial charge in [0, 0.05) is 17.0 Å². The number of hydrogen-bond donors (Lipinski definition) is 1. The molecular weight excluding hydrogens is 254 g/mol. The van der Waals surface area contributed by atoms with E-state index >= 15 is 0 Å². The molecule has 0 heterocycles. The SMILES string of the molecule is CSc1cccc(OC(C)c2ccccc2)c1CN. The molecule has 0 saturated heterocycles. The van der Waals surface area contributed by atoms with Crippen molar-refractivity contribution in [3.8, 4) is 5.75 Å². The predicted octanol–water partition coefficient (Wildman–Crippen LogP) is 4.01. The largest absolute Gasteiger partial charge is 0.486 e. The molecule has 2 N–H and O–H groups in total. The van der Waals surface area contributed by atoms with Gasteiger partial charge >= 0.3 is 0 Å². The number of benzene rings is 2.